The number of anilines is 2. The summed E-state index contributed by atoms with van der Waals surface area (Å²) in [6.45, 7) is 11.7. The Kier molecular flexibility index (Phi) is 7.35. The molecule has 1 aromatic carbocycles. The first-order valence-corrected chi connectivity index (χ1v) is 13.2. The molecule has 3 aliphatic rings. The maximum absolute atomic E-state index is 13.8. The van der Waals surface area contributed by atoms with Crippen LogP contribution < -0.4 is 15.5 Å². The lowest BCUT2D eigenvalue weighted by atomic mass is 9.66. The quantitative estimate of drug-likeness (QED) is 0.454. The molecule has 6 atom stereocenters. The van der Waals surface area contributed by atoms with E-state index in [2.05, 4.69) is 29.4 Å². The molecule has 1 aromatic rings. The largest absolute Gasteiger partial charge is 0.394 e. The molecule has 9 nitrogen and oxygen atoms in total. The van der Waals surface area contributed by atoms with E-state index in [0.717, 1.165) is 25.2 Å². The Labute approximate surface area is 213 Å². The van der Waals surface area contributed by atoms with Crippen molar-refractivity contribution >= 4 is 29.1 Å². The normalized spacial score (nSPS) is 31.3. The lowest BCUT2D eigenvalue weighted by molar-refractivity contribution is -0.147. The summed E-state index contributed by atoms with van der Waals surface area (Å²) in [5.74, 6) is -2.30. The summed E-state index contributed by atoms with van der Waals surface area (Å²) in [4.78, 5) is 44.5. The van der Waals surface area contributed by atoms with Crippen molar-refractivity contribution in [3.8, 4) is 0 Å². The van der Waals surface area contributed by atoms with Gasteiger partial charge in [0.2, 0.25) is 17.7 Å². The topological polar surface area (TPSA) is 111 Å². The van der Waals surface area contributed by atoms with E-state index in [9.17, 15) is 19.5 Å². The van der Waals surface area contributed by atoms with Crippen molar-refractivity contribution in [3.63, 3.8) is 0 Å². The number of hydrogen-bond acceptors (Lipinski definition) is 6. The zero-order chi connectivity index (χ0) is 26.3. The molecule has 3 N–H and O–H groups in total. The Morgan fingerprint density at radius 3 is 2.42 bits per heavy atom. The number of hydrogen-bond donors (Lipinski definition) is 3. The van der Waals surface area contributed by atoms with Crippen LogP contribution in [0.4, 0.5) is 11.4 Å². The molecular weight excluding hydrogens is 460 g/mol. The molecule has 9 heteroatoms. The highest BCUT2D eigenvalue weighted by Crippen LogP contribution is 2.63. The second-order valence-electron chi connectivity index (χ2n) is 10.5. The van der Waals surface area contributed by atoms with Gasteiger partial charge in [0.25, 0.3) is 0 Å². The van der Waals surface area contributed by atoms with E-state index in [1.165, 1.54) is 4.90 Å². The fourth-order valence-electron chi connectivity index (χ4n) is 6.54. The van der Waals surface area contributed by atoms with Gasteiger partial charge in [-0.05, 0) is 71.2 Å². The number of amides is 3. The van der Waals surface area contributed by atoms with E-state index in [1.807, 2.05) is 38.1 Å². The van der Waals surface area contributed by atoms with Crippen LogP contribution in [0.5, 0.6) is 0 Å². The number of nitrogens with zero attached hydrogens (tertiary/aromatic N) is 2. The van der Waals surface area contributed by atoms with Gasteiger partial charge in [-0.2, -0.15) is 0 Å². The molecule has 1 spiro atoms. The zero-order valence-electron chi connectivity index (χ0n) is 22.0. The maximum atomic E-state index is 13.8. The van der Waals surface area contributed by atoms with Crippen molar-refractivity contribution in [2.45, 2.75) is 77.2 Å². The fraction of sp³-hybridized carbons (Fsp3) is 0.667. The van der Waals surface area contributed by atoms with Gasteiger partial charge in [0, 0.05) is 31.0 Å². The monoisotopic (exact) mass is 500 g/mol. The number of carbonyl (C=O) groups is 3. The molecule has 0 saturated carbocycles. The standard InChI is InChI=1S/C27H40N4O5/c1-6-15-28-23(33)20-21-25(35)31(17(4)16-32)22(27(21)14-13-26(20,5)36-27)24(34)29-18-9-11-19(12-10-18)30(7-2)8-3/h9-12,17,20-22,32H,6-8,13-16H2,1-5H3,(H,28,33)(H,29,34)/t17-,20+,21+,22?,26-,27?/m1/s1. The van der Waals surface area contributed by atoms with Crippen LogP contribution in [0.2, 0.25) is 0 Å². The minimum absolute atomic E-state index is 0.205. The number of likely N-dealkylation sites (tertiary alicyclic amines) is 1. The number of rotatable bonds is 10. The van der Waals surface area contributed by atoms with E-state index in [4.69, 9.17) is 4.74 Å². The van der Waals surface area contributed by atoms with Crippen molar-refractivity contribution in [2.75, 3.05) is 36.5 Å². The van der Waals surface area contributed by atoms with Gasteiger partial charge < -0.3 is 30.3 Å². The number of nitrogens with one attached hydrogen (secondary N) is 2. The maximum Gasteiger partial charge on any atom is 0.250 e. The summed E-state index contributed by atoms with van der Waals surface area (Å²) in [7, 11) is 0. The second-order valence-corrected chi connectivity index (χ2v) is 10.5. The Balaban J connectivity index is 1.66. The van der Waals surface area contributed by atoms with Crippen LogP contribution in [0.25, 0.3) is 0 Å². The Hall–Kier alpha value is -2.65. The average molecular weight is 501 g/mol. The highest BCUT2D eigenvalue weighted by molar-refractivity contribution is 6.04. The van der Waals surface area contributed by atoms with E-state index in [0.29, 0.717) is 25.1 Å². The van der Waals surface area contributed by atoms with Gasteiger partial charge in [0.05, 0.1) is 30.1 Å². The number of carbonyl (C=O) groups excluding carboxylic acids is 3. The predicted molar refractivity (Wildman–Crippen MR) is 138 cm³/mol. The van der Waals surface area contributed by atoms with Crippen LogP contribution >= 0.6 is 0 Å². The van der Waals surface area contributed by atoms with Crippen LogP contribution in [0.1, 0.15) is 53.9 Å². The predicted octanol–water partition coefficient (Wildman–Crippen LogP) is 2.14. The molecule has 3 amide bonds. The smallest absolute Gasteiger partial charge is 0.250 e. The first-order valence-electron chi connectivity index (χ1n) is 13.2. The van der Waals surface area contributed by atoms with Gasteiger partial charge in [-0.25, -0.2) is 0 Å². The molecule has 198 valence electrons. The van der Waals surface area contributed by atoms with Crippen molar-refractivity contribution in [3.05, 3.63) is 24.3 Å². The van der Waals surface area contributed by atoms with Gasteiger partial charge in [-0.1, -0.05) is 6.92 Å². The number of aliphatic hydroxyl groups excluding tert-OH is 1. The summed E-state index contributed by atoms with van der Waals surface area (Å²) < 4.78 is 6.56. The average Bonchev–Trinajstić information content (AvgIpc) is 3.44. The SMILES string of the molecule is CCCNC(=O)[C@@H]1[C@H]2C(=O)N([C@H](C)CO)C(C(=O)Nc3ccc(N(CC)CC)cc3)C23CC[C@@]1(C)O3. The molecule has 3 aliphatic heterocycles. The lowest BCUT2D eigenvalue weighted by Crippen LogP contribution is -2.55. The molecule has 36 heavy (non-hydrogen) atoms. The van der Waals surface area contributed by atoms with Crippen molar-refractivity contribution < 1.29 is 24.2 Å². The molecule has 0 aliphatic carbocycles. The van der Waals surface area contributed by atoms with Gasteiger partial charge >= 0.3 is 0 Å². The third-order valence-electron chi connectivity index (χ3n) is 8.30. The van der Waals surface area contributed by atoms with Gasteiger partial charge in [-0.15, -0.1) is 0 Å². The van der Waals surface area contributed by atoms with Crippen LogP contribution in [-0.2, 0) is 19.1 Å². The number of fused-ring (bicyclic) bond motifs is 1. The summed E-state index contributed by atoms with van der Waals surface area (Å²) in [6.07, 6.45) is 1.88. The van der Waals surface area contributed by atoms with Crippen molar-refractivity contribution in [1.82, 2.24) is 10.2 Å². The van der Waals surface area contributed by atoms with Crippen molar-refractivity contribution in [1.29, 1.82) is 0 Å². The molecule has 3 fully saturated rings. The van der Waals surface area contributed by atoms with Gasteiger partial charge in [0.1, 0.15) is 11.6 Å². The van der Waals surface area contributed by atoms with Crippen LogP contribution in [-0.4, -0.2) is 77.3 Å². The molecular formula is C27H40N4O5. The van der Waals surface area contributed by atoms with E-state index < -0.39 is 35.1 Å². The van der Waals surface area contributed by atoms with E-state index >= 15 is 0 Å². The summed E-state index contributed by atoms with van der Waals surface area (Å²) >= 11 is 0. The third kappa shape index (κ3) is 4.06. The Morgan fingerprint density at radius 1 is 1.17 bits per heavy atom. The summed E-state index contributed by atoms with van der Waals surface area (Å²) in [5, 5.41) is 15.9. The molecule has 2 unspecified atom stereocenters. The molecule has 3 heterocycles. The minimum atomic E-state index is -1.10. The Morgan fingerprint density at radius 2 is 1.83 bits per heavy atom. The zero-order valence-corrected chi connectivity index (χ0v) is 22.0. The van der Waals surface area contributed by atoms with Crippen LogP contribution in [0, 0.1) is 11.8 Å². The van der Waals surface area contributed by atoms with Crippen LogP contribution in [0.15, 0.2) is 24.3 Å². The first-order chi connectivity index (χ1) is 17.2. The van der Waals surface area contributed by atoms with Gasteiger partial charge in [-0.3, -0.25) is 14.4 Å². The Bertz CT molecular complexity index is 996. The van der Waals surface area contributed by atoms with E-state index in [-0.39, 0.29) is 24.3 Å². The fourth-order valence-corrected chi connectivity index (χ4v) is 6.54. The minimum Gasteiger partial charge on any atom is -0.394 e. The number of aliphatic hydroxyl groups is 1. The van der Waals surface area contributed by atoms with Gasteiger partial charge in [0.15, 0.2) is 0 Å². The van der Waals surface area contributed by atoms with Crippen molar-refractivity contribution in [2.24, 2.45) is 11.8 Å². The third-order valence-corrected chi connectivity index (χ3v) is 8.30. The highest BCUT2D eigenvalue weighted by atomic mass is 16.5. The number of ether oxygens (including phenoxy) is 1. The first kappa shape index (κ1) is 26.4. The molecule has 4 rings (SSSR count). The molecule has 3 saturated heterocycles. The molecule has 0 radical (unpaired) electrons. The number of benzene rings is 1. The molecule has 0 aromatic heterocycles. The molecule has 2 bridgehead atoms. The second kappa shape index (κ2) is 10.0. The lowest BCUT2D eigenvalue weighted by Gasteiger charge is -2.35. The summed E-state index contributed by atoms with van der Waals surface area (Å²) in [5.41, 5.74) is -0.226. The van der Waals surface area contributed by atoms with Crippen LogP contribution in [0.3, 0.4) is 0 Å². The highest BCUT2D eigenvalue weighted by Gasteiger charge is 2.78. The van der Waals surface area contributed by atoms with E-state index in [1.54, 1.807) is 6.92 Å². The summed E-state index contributed by atoms with van der Waals surface area (Å²) in [6, 6.07) is 6.10.